The van der Waals surface area contributed by atoms with Gasteiger partial charge in [-0.1, -0.05) is 25.7 Å². The third-order valence-electron chi connectivity index (χ3n) is 5.71. The number of nitrogens with one attached hydrogen (secondary N) is 1. The van der Waals surface area contributed by atoms with E-state index < -0.39 is 0 Å². The number of nitrogens with zero attached hydrogens (tertiary/aromatic N) is 3. The van der Waals surface area contributed by atoms with E-state index in [9.17, 15) is 4.79 Å². The van der Waals surface area contributed by atoms with Crippen LogP contribution in [0, 0.1) is 0 Å². The van der Waals surface area contributed by atoms with E-state index in [1.54, 1.807) is 23.7 Å². The Bertz CT molecular complexity index is 1110. The van der Waals surface area contributed by atoms with Crippen LogP contribution in [0.3, 0.4) is 0 Å². The fraction of sp³-hybridized carbons (Fsp3) is 0.348. The fourth-order valence-electron chi connectivity index (χ4n) is 4.25. The molecule has 2 aromatic heterocycles. The lowest BCUT2D eigenvalue weighted by Crippen LogP contribution is -2.25. The Labute approximate surface area is 179 Å². The van der Waals surface area contributed by atoms with Gasteiger partial charge in [0.15, 0.2) is 11.4 Å². The van der Waals surface area contributed by atoms with Gasteiger partial charge < -0.3 is 14.6 Å². The molecular formula is C23H24N4O2S. The Morgan fingerprint density at radius 1 is 1.17 bits per heavy atom. The highest BCUT2D eigenvalue weighted by Gasteiger charge is 2.22. The first kappa shape index (κ1) is 19.1. The second kappa shape index (κ2) is 8.44. The number of anilines is 1. The number of amides is 1. The number of ether oxygens (including phenoxy) is 1. The number of hydrogen-bond donors (Lipinski definition) is 1. The predicted octanol–water partition coefficient (Wildman–Crippen LogP) is 5.07. The number of fused-ring (bicyclic) bond motifs is 1. The van der Waals surface area contributed by atoms with E-state index in [0.29, 0.717) is 6.04 Å². The van der Waals surface area contributed by atoms with Gasteiger partial charge in [0, 0.05) is 23.2 Å². The first-order valence-electron chi connectivity index (χ1n) is 10.5. The van der Waals surface area contributed by atoms with Gasteiger partial charge in [0.05, 0.1) is 23.3 Å². The summed E-state index contributed by atoms with van der Waals surface area (Å²) in [6.45, 7) is 0.0704. The van der Waals surface area contributed by atoms with Crippen LogP contribution in [0.2, 0.25) is 0 Å². The van der Waals surface area contributed by atoms with E-state index in [2.05, 4.69) is 26.3 Å². The number of pyridine rings is 1. The van der Waals surface area contributed by atoms with Crippen molar-refractivity contribution in [3.05, 3.63) is 52.9 Å². The van der Waals surface area contributed by atoms with Crippen LogP contribution >= 0.6 is 11.3 Å². The largest absolute Gasteiger partial charge is 0.482 e. The van der Waals surface area contributed by atoms with Gasteiger partial charge in [-0.05, 0) is 43.2 Å². The smallest absolute Gasteiger partial charge is 0.262 e. The zero-order chi connectivity index (χ0) is 20.3. The molecule has 1 aromatic carbocycles. The van der Waals surface area contributed by atoms with Crippen molar-refractivity contribution >= 4 is 28.6 Å². The summed E-state index contributed by atoms with van der Waals surface area (Å²) >= 11 is 1.65. The summed E-state index contributed by atoms with van der Waals surface area (Å²) in [5, 5.41) is 5.10. The van der Waals surface area contributed by atoms with E-state index in [-0.39, 0.29) is 12.5 Å². The van der Waals surface area contributed by atoms with Crippen LogP contribution in [0.15, 0.2) is 53.1 Å². The van der Waals surface area contributed by atoms with Crippen molar-refractivity contribution in [1.29, 1.82) is 0 Å². The zero-order valence-electron chi connectivity index (χ0n) is 16.7. The Morgan fingerprint density at radius 2 is 2.03 bits per heavy atom. The Balaban J connectivity index is 1.62. The highest BCUT2D eigenvalue weighted by atomic mass is 32.1. The van der Waals surface area contributed by atoms with E-state index in [4.69, 9.17) is 9.73 Å². The maximum Gasteiger partial charge on any atom is 0.262 e. The van der Waals surface area contributed by atoms with Crippen LogP contribution in [0.5, 0.6) is 5.75 Å². The van der Waals surface area contributed by atoms with Gasteiger partial charge in [-0.2, -0.15) is 0 Å². The van der Waals surface area contributed by atoms with Crippen molar-refractivity contribution in [2.45, 2.75) is 44.6 Å². The minimum absolute atomic E-state index is 0.0704. The average molecular weight is 421 g/mol. The maximum absolute atomic E-state index is 11.8. The summed E-state index contributed by atoms with van der Waals surface area (Å²) in [6.07, 6.45) is 11.0. The van der Waals surface area contributed by atoms with Crippen molar-refractivity contribution in [2.75, 3.05) is 11.9 Å². The van der Waals surface area contributed by atoms with Crippen molar-refractivity contribution in [3.63, 3.8) is 0 Å². The zero-order valence-corrected chi connectivity index (χ0v) is 17.5. The summed E-state index contributed by atoms with van der Waals surface area (Å²) in [5.41, 5.74) is 3.79. The van der Waals surface area contributed by atoms with Gasteiger partial charge in [0.2, 0.25) is 0 Å². The third-order valence-corrected chi connectivity index (χ3v) is 6.55. The highest BCUT2D eigenvalue weighted by Crippen LogP contribution is 2.36. The van der Waals surface area contributed by atoms with Crippen molar-refractivity contribution in [2.24, 2.45) is 4.99 Å². The SMILES string of the molecule is O=C1COc2ccc(-c3csc(=Nc4cccnc4)n3C3CCCCCC3)cc2N1. The lowest BCUT2D eigenvalue weighted by atomic mass is 10.1. The molecule has 0 unspecified atom stereocenters. The minimum Gasteiger partial charge on any atom is -0.482 e. The lowest BCUT2D eigenvalue weighted by molar-refractivity contribution is -0.118. The first-order valence-corrected chi connectivity index (χ1v) is 11.4. The molecule has 0 radical (unpaired) electrons. The number of carbonyl (C=O) groups excluding carboxylic acids is 1. The number of rotatable bonds is 3. The molecule has 7 heteroatoms. The summed E-state index contributed by atoms with van der Waals surface area (Å²) < 4.78 is 7.93. The highest BCUT2D eigenvalue weighted by molar-refractivity contribution is 7.07. The molecule has 0 bridgehead atoms. The summed E-state index contributed by atoms with van der Waals surface area (Å²) in [4.78, 5) is 21.9. The molecule has 1 amide bonds. The van der Waals surface area contributed by atoms with Gasteiger partial charge in [-0.3, -0.25) is 9.78 Å². The minimum atomic E-state index is -0.117. The molecule has 3 aromatic rings. The van der Waals surface area contributed by atoms with Crippen LogP contribution < -0.4 is 14.9 Å². The molecule has 0 saturated heterocycles. The van der Waals surface area contributed by atoms with Crippen molar-refractivity contribution in [3.8, 4) is 17.0 Å². The molecule has 2 aliphatic rings. The molecule has 3 heterocycles. The van der Waals surface area contributed by atoms with Crippen LogP contribution in [-0.2, 0) is 4.79 Å². The standard InChI is InChI=1S/C23H24N4O2S/c28-22-14-29-21-10-9-16(12-19(21)26-22)20-15-30-23(25-17-6-5-11-24-13-17)27(20)18-7-3-1-2-4-8-18/h5-6,9-13,15,18H,1-4,7-8,14H2,(H,26,28). The predicted molar refractivity (Wildman–Crippen MR) is 118 cm³/mol. The number of aromatic nitrogens is 2. The molecule has 5 rings (SSSR count). The van der Waals surface area contributed by atoms with Crippen LogP contribution in [-0.4, -0.2) is 22.1 Å². The molecule has 154 valence electrons. The molecule has 1 saturated carbocycles. The van der Waals surface area contributed by atoms with Gasteiger partial charge in [0.25, 0.3) is 5.91 Å². The van der Waals surface area contributed by atoms with E-state index >= 15 is 0 Å². The van der Waals surface area contributed by atoms with E-state index in [1.807, 2.05) is 24.3 Å². The number of thiazole rings is 1. The van der Waals surface area contributed by atoms with Crippen LogP contribution in [0.25, 0.3) is 11.3 Å². The summed E-state index contributed by atoms with van der Waals surface area (Å²) in [6, 6.07) is 10.3. The van der Waals surface area contributed by atoms with Gasteiger partial charge >= 0.3 is 0 Å². The third kappa shape index (κ3) is 3.89. The average Bonchev–Trinajstić information content (AvgIpc) is 2.99. The molecule has 1 fully saturated rings. The van der Waals surface area contributed by atoms with Crippen LogP contribution in [0.4, 0.5) is 11.4 Å². The first-order chi connectivity index (χ1) is 14.8. The molecule has 0 atom stereocenters. The fourth-order valence-corrected chi connectivity index (χ4v) is 5.24. The summed E-state index contributed by atoms with van der Waals surface area (Å²) in [7, 11) is 0. The summed E-state index contributed by atoms with van der Waals surface area (Å²) in [5.74, 6) is 0.601. The van der Waals surface area contributed by atoms with Crippen LogP contribution in [0.1, 0.15) is 44.6 Å². The lowest BCUT2D eigenvalue weighted by Gasteiger charge is -2.22. The molecular weight excluding hydrogens is 396 g/mol. The van der Waals surface area contributed by atoms with Crippen molar-refractivity contribution in [1.82, 2.24) is 9.55 Å². The van der Waals surface area contributed by atoms with Crippen molar-refractivity contribution < 1.29 is 9.53 Å². The quantitative estimate of drug-likeness (QED) is 0.602. The second-order valence-corrected chi connectivity index (χ2v) is 8.63. The Morgan fingerprint density at radius 3 is 2.83 bits per heavy atom. The second-order valence-electron chi connectivity index (χ2n) is 7.79. The number of carbonyl (C=O) groups is 1. The van der Waals surface area contributed by atoms with E-state index in [0.717, 1.165) is 46.0 Å². The van der Waals surface area contributed by atoms with E-state index in [1.165, 1.54) is 25.7 Å². The number of hydrogen-bond acceptors (Lipinski definition) is 5. The Kier molecular flexibility index (Phi) is 5.36. The molecule has 1 aliphatic carbocycles. The monoisotopic (exact) mass is 420 g/mol. The molecule has 6 nitrogen and oxygen atoms in total. The Hall–Kier alpha value is -2.93. The van der Waals surface area contributed by atoms with Gasteiger partial charge in [-0.15, -0.1) is 11.3 Å². The normalized spacial score (nSPS) is 17.7. The van der Waals surface area contributed by atoms with Gasteiger partial charge in [-0.25, -0.2) is 4.99 Å². The molecule has 1 aliphatic heterocycles. The number of benzene rings is 1. The topological polar surface area (TPSA) is 68.5 Å². The molecule has 30 heavy (non-hydrogen) atoms. The van der Waals surface area contributed by atoms with Gasteiger partial charge in [0.1, 0.15) is 5.75 Å². The molecule has 1 N–H and O–H groups in total. The maximum atomic E-state index is 11.8. The molecule has 0 spiro atoms.